The average Bonchev–Trinajstić information content (AvgIpc) is 3.32. The lowest BCUT2D eigenvalue weighted by molar-refractivity contribution is 0.102. The van der Waals surface area contributed by atoms with Gasteiger partial charge in [-0.05, 0) is 55.8 Å². The highest BCUT2D eigenvalue weighted by Gasteiger charge is 2.21. The Balaban J connectivity index is 1.60. The van der Waals surface area contributed by atoms with Crippen molar-refractivity contribution in [2.24, 2.45) is 0 Å². The number of nitrogens with one attached hydrogen (secondary N) is 1. The zero-order valence-corrected chi connectivity index (χ0v) is 15.8. The number of piperidine rings is 1. The predicted molar refractivity (Wildman–Crippen MR) is 105 cm³/mol. The highest BCUT2D eigenvalue weighted by molar-refractivity contribution is 7.13. The summed E-state index contributed by atoms with van der Waals surface area (Å²) in [4.78, 5) is 20.2. The summed E-state index contributed by atoms with van der Waals surface area (Å²) in [5.74, 6) is 0.0695. The summed E-state index contributed by atoms with van der Waals surface area (Å²) >= 11 is 1.49. The van der Waals surface area contributed by atoms with Gasteiger partial charge in [-0.3, -0.25) is 4.79 Å². The highest BCUT2D eigenvalue weighted by atomic mass is 32.1. The van der Waals surface area contributed by atoms with Gasteiger partial charge in [-0.25, -0.2) is 9.37 Å². The largest absolute Gasteiger partial charge is 0.440 e. The van der Waals surface area contributed by atoms with Crippen molar-refractivity contribution in [3.8, 4) is 10.8 Å². The van der Waals surface area contributed by atoms with Gasteiger partial charge < -0.3 is 14.6 Å². The van der Waals surface area contributed by atoms with E-state index in [4.69, 9.17) is 4.42 Å². The number of oxazole rings is 1. The first-order valence-electron chi connectivity index (χ1n) is 8.99. The monoisotopic (exact) mass is 385 g/mol. The molecule has 0 bridgehead atoms. The molecule has 4 rings (SSSR count). The van der Waals surface area contributed by atoms with Crippen molar-refractivity contribution in [1.29, 1.82) is 0 Å². The van der Waals surface area contributed by atoms with E-state index in [1.807, 2.05) is 17.5 Å². The third kappa shape index (κ3) is 3.73. The Kier molecular flexibility index (Phi) is 4.94. The van der Waals surface area contributed by atoms with E-state index < -0.39 is 5.91 Å². The maximum absolute atomic E-state index is 13.8. The van der Waals surface area contributed by atoms with Crippen LogP contribution in [-0.2, 0) is 0 Å². The third-order valence-electron chi connectivity index (χ3n) is 4.65. The third-order valence-corrected chi connectivity index (χ3v) is 5.51. The lowest BCUT2D eigenvalue weighted by Gasteiger charge is -2.30. The quantitative estimate of drug-likeness (QED) is 0.679. The Morgan fingerprint density at radius 2 is 2.07 bits per heavy atom. The Morgan fingerprint density at radius 1 is 1.26 bits per heavy atom. The smallest absolute Gasteiger partial charge is 0.277 e. The van der Waals surface area contributed by atoms with E-state index in [2.05, 4.69) is 15.2 Å². The van der Waals surface area contributed by atoms with Crippen LogP contribution in [0.4, 0.5) is 15.8 Å². The number of thiophene rings is 1. The normalized spacial score (nSPS) is 14.4. The van der Waals surface area contributed by atoms with Crippen LogP contribution in [0.1, 0.15) is 35.5 Å². The van der Waals surface area contributed by atoms with Crippen LogP contribution >= 0.6 is 11.3 Å². The molecule has 1 N–H and O–H groups in total. The molecule has 0 saturated carbocycles. The zero-order chi connectivity index (χ0) is 18.8. The van der Waals surface area contributed by atoms with E-state index in [1.165, 1.54) is 29.9 Å². The van der Waals surface area contributed by atoms with Gasteiger partial charge in [0.25, 0.3) is 5.91 Å². The van der Waals surface area contributed by atoms with Gasteiger partial charge in [0.15, 0.2) is 5.69 Å². The van der Waals surface area contributed by atoms with Gasteiger partial charge >= 0.3 is 0 Å². The van der Waals surface area contributed by atoms with Crippen LogP contribution in [-0.4, -0.2) is 24.0 Å². The molecular formula is C20H20FN3O2S. The van der Waals surface area contributed by atoms with Crippen LogP contribution in [0, 0.1) is 12.7 Å². The van der Waals surface area contributed by atoms with Crippen LogP contribution < -0.4 is 10.2 Å². The number of anilines is 2. The number of hydrogen-bond donors (Lipinski definition) is 1. The van der Waals surface area contributed by atoms with Gasteiger partial charge in [0.05, 0.1) is 16.3 Å². The number of rotatable bonds is 4. The van der Waals surface area contributed by atoms with Gasteiger partial charge in [-0.15, -0.1) is 11.3 Å². The topological polar surface area (TPSA) is 58.4 Å². The highest BCUT2D eigenvalue weighted by Crippen LogP contribution is 2.31. The average molecular weight is 385 g/mol. The van der Waals surface area contributed by atoms with E-state index in [-0.39, 0.29) is 11.5 Å². The van der Waals surface area contributed by atoms with Crippen LogP contribution in [0.3, 0.4) is 0 Å². The number of benzene rings is 1. The number of halogens is 1. The number of carbonyl (C=O) groups excluding carboxylic acids is 1. The summed E-state index contributed by atoms with van der Waals surface area (Å²) in [5.41, 5.74) is 1.51. The first kappa shape index (κ1) is 17.7. The van der Waals surface area contributed by atoms with Crippen LogP contribution in [0.5, 0.6) is 0 Å². The van der Waals surface area contributed by atoms with Crippen molar-refractivity contribution < 1.29 is 13.6 Å². The van der Waals surface area contributed by atoms with Gasteiger partial charge in [0.1, 0.15) is 11.6 Å². The molecule has 0 unspecified atom stereocenters. The fraction of sp³-hybridized carbons (Fsp3) is 0.300. The molecule has 7 heteroatoms. The van der Waals surface area contributed by atoms with E-state index in [0.717, 1.165) is 36.5 Å². The SMILES string of the molecule is Cc1oc(-c2cccs2)nc1C(=O)Nc1cc(F)ccc1N1CCCCC1. The van der Waals surface area contributed by atoms with Gasteiger partial charge in [-0.1, -0.05) is 6.07 Å². The number of amides is 1. The van der Waals surface area contributed by atoms with Gasteiger partial charge in [-0.2, -0.15) is 0 Å². The van der Waals surface area contributed by atoms with Crippen molar-refractivity contribution in [2.45, 2.75) is 26.2 Å². The molecular weight excluding hydrogens is 365 g/mol. The maximum atomic E-state index is 13.8. The molecule has 1 aliphatic heterocycles. The summed E-state index contributed by atoms with van der Waals surface area (Å²) in [6.45, 7) is 3.51. The lowest BCUT2D eigenvalue weighted by Crippen LogP contribution is -2.30. The summed E-state index contributed by atoms with van der Waals surface area (Å²) in [6, 6.07) is 8.30. The fourth-order valence-corrected chi connectivity index (χ4v) is 3.96. The fourth-order valence-electron chi connectivity index (χ4n) is 3.31. The molecule has 140 valence electrons. The Hall–Kier alpha value is -2.67. The van der Waals surface area contributed by atoms with Crippen LogP contribution in [0.15, 0.2) is 40.1 Å². The maximum Gasteiger partial charge on any atom is 0.277 e. The molecule has 3 heterocycles. The minimum Gasteiger partial charge on any atom is -0.440 e. The molecule has 0 radical (unpaired) electrons. The van der Waals surface area contributed by atoms with Crippen molar-refractivity contribution in [1.82, 2.24) is 4.98 Å². The molecule has 3 aromatic rings. The van der Waals surface area contributed by atoms with E-state index in [1.54, 1.807) is 13.0 Å². The molecule has 1 saturated heterocycles. The Bertz CT molecular complexity index is 946. The molecule has 5 nitrogen and oxygen atoms in total. The predicted octanol–water partition coefficient (Wildman–Crippen LogP) is 5.09. The minimum atomic E-state index is -0.400. The number of carbonyl (C=O) groups is 1. The van der Waals surface area contributed by atoms with E-state index >= 15 is 0 Å². The van der Waals surface area contributed by atoms with E-state index in [0.29, 0.717) is 17.3 Å². The summed E-state index contributed by atoms with van der Waals surface area (Å²) in [5, 5.41) is 4.75. The summed E-state index contributed by atoms with van der Waals surface area (Å²) < 4.78 is 19.5. The number of hydrogen-bond acceptors (Lipinski definition) is 5. The van der Waals surface area contributed by atoms with Gasteiger partial charge in [0, 0.05) is 13.1 Å². The standard InChI is InChI=1S/C20H20FN3O2S/c1-13-18(23-20(26-13)17-6-5-11-27-17)19(25)22-15-12-14(21)7-8-16(15)24-9-3-2-4-10-24/h5-8,11-12H,2-4,9-10H2,1H3,(H,22,25). The van der Waals surface area contributed by atoms with Crippen LogP contribution in [0.25, 0.3) is 10.8 Å². The van der Waals surface area contributed by atoms with Crippen molar-refractivity contribution in [3.63, 3.8) is 0 Å². The van der Waals surface area contributed by atoms with Crippen molar-refractivity contribution >= 4 is 28.6 Å². The Labute approximate surface area is 160 Å². The molecule has 0 atom stereocenters. The molecule has 1 aromatic carbocycles. The number of aryl methyl sites for hydroxylation is 1. The second-order valence-electron chi connectivity index (χ2n) is 6.56. The number of aromatic nitrogens is 1. The lowest BCUT2D eigenvalue weighted by atomic mass is 10.1. The second-order valence-corrected chi connectivity index (χ2v) is 7.51. The van der Waals surface area contributed by atoms with Crippen molar-refractivity contribution in [2.75, 3.05) is 23.3 Å². The molecule has 2 aromatic heterocycles. The van der Waals surface area contributed by atoms with Gasteiger partial charge in [0.2, 0.25) is 5.89 Å². The molecule has 0 aliphatic carbocycles. The van der Waals surface area contributed by atoms with Crippen LogP contribution in [0.2, 0.25) is 0 Å². The summed E-state index contributed by atoms with van der Waals surface area (Å²) in [7, 11) is 0. The first-order valence-corrected chi connectivity index (χ1v) is 9.87. The molecule has 1 amide bonds. The molecule has 0 spiro atoms. The molecule has 1 fully saturated rings. The first-order chi connectivity index (χ1) is 13.1. The molecule has 27 heavy (non-hydrogen) atoms. The number of nitrogens with zero attached hydrogens (tertiary/aromatic N) is 2. The van der Waals surface area contributed by atoms with Crippen molar-refractivity contribution in [3.05, 3.63) is 53.0 Å². The van der Waals surface area contributed by atoms with E-state index in [9.17, 15) is 9.18 Å². The Morgan fingerprint density at radius 3 is 2.81 bits per heavy atom. The summed E-state index contributed by atoms with van der Waals surface area (Å²) in [6.07, 6.45) is 3.39. The second kappa shape index (κ2) is 7.52. The molecule has 1 aliphatic rings. The minimum absolute atomic E-state index is 0.215. The zero-order valence-electron chi connectivity index (χ0n) is 15.0.